The predicted octanol–water partition coefficient (Wildman–Crippen LogP) is 4.53. The van der Waals surface area contributed by atoms with E-state index in [-0.39, 0.29) is 28.9 Å². The monoisotopic (exact) mass is 395 g/mol. The van der Waals surface area contributed by atoms with E-state index in [1.807, 2.05) is 19.9 Å². The van der Waals surface area contributed by atoms with Gasteiger partial charge < -0.3 is 10.1 Å². The highest BCUT2D eigenvalue weighted by atomic mass is 32.1. The number of nitrogens with one attached hydrogen (secondary N) is 1. The highest BCUT2D eigenvalue weighted by molar-refractivity contribution is 7.18. The number of carbonyl (C=O) groups is 2. The highest BCUT2D eigenvalue weighted by Gasteiger charge is 2.24. The van der Waals surface area contributed by atoms with E-state index in [1.54, 1.807) is 31.2 Å². The Morgan fingerprint density at radius 3 is 2.54 bits per heavy atom. The molecule has 2 aromatic rings. The highest BCUT2D eigenvalue weighted by Crippen LogP contribution is 2.33. The Hall–Kier alpha value is -3.16. The number of hydrogen-bond donors (Lipinski definition) is 1. The first-order valence-electron chi connectivity index (χ1n) is 8.95. The molecule has 0 spiro atoms. The summed E-state index contributed by atoms with van der Waals surface area (Å²) in [6, 6.07) is 10.9. The van der Waals surface area contributed by atoms with Crippen LogP contribution in [0.15, 0.2) is 24.3 Å². The molecule has 1 aromatic heterocycles. The number of rotatable bonds is 7. The molecule has 0 unspecified atom stereocenters. The molecular weight excluding hydrogens is 374 g/mol. The van der Waals surface area contributed by atoms with Crippen molar-refractivity contribution in [3.05, 3.63) is 51.4 Å². The summed E-state index contributed by atoms with van der Waals surface area (Å²) in [6.07, 6.45) is 1.40. The van der Waals surface area contributed by atoms with Gasteiger partial charge in [-0.3, -0.25) is 4.79 Å². The first-order chi connectivity index (χ1) is 13.4. The van der Waals surface area contributed by atoms with Crippen LogP contribution in [0.2, 0.25) is 0 Å². The molecule has 0 bridgehead atoms. The van der Waals surface area contributed by atoms with E-state index in [1.165, 1.54) is 0 Å². The van der Waals surface area contributed by atoms with Gasteiger partial charge in [-0.1, -0.05) is 26.0 Å². The van der Waals surface area contributed by atoms with E-state index in [9.17, 15) is 14.9 Å². The second-order valence-corrected chi connectivity index (χ2v) is 7.28. The molecule has 0 aliphatic carbocycles. The van der Waals surface area contributed by atoms with Crippen molar-refractivity contribution in [1.29, 1.82) is 10.5 Å². The normalized spacial score (nSPS) is 10.2. The number of nitriles is 2. The van der Waals surface area contributed by atoms with Gasteiger partial charge in [-0.15, -0.1) is 11.3 Å². The zero-order valence-electron chi connectivity index (χ0n) is 16.0. The van der Waals surface area contributed by atoms with E-state index in [4.69, 9.17) is 10.00 Å². The molecule has 0 aliphatic heterocycles. The summed E-state index contributed by atoms with van der Waals surface area (Å²) in [4.78, 5) is 25.1. The molecule has 0 radical (unpaired) electrons. The van der Waals surface area contributed by atoms with Gasteiger partial charge in [-0.25, -0.2) is 4.79 Å². The lowest BCUT2D eigenvalue weighted by molar-refractivity contribution is -0.120. The van der Waals surface area contributed by atoms with E-state index < -0.39 is 5.97 Å². The van der Waals surface area contributed by atoms with Gasteiger partial charge in [0.25, 0.3) is 0 Å². The topological polar surface area (TPSA) is 103 Å². The Balaban J connectivity index is 2.18. The van der Waals surface area contributed by atoms with Crippen molar-refractivity contribution in [1.82, 2.24) is 0 Å². The van der Waals surface area contributed by atoms with Crippen LogP contribution < -0.4 is 5.32 Å². The third-order valence-corrected chi connectivity index (χ3v) is 5.65. The van der Waals surface area contributed by atoms with Crippen LogP contribution in [0, 0.1) is 35.5 Å². The van der Waals surface area contributed by atoms with Gasteiger partial charge in [0.05, 0.1) is 17.2 Å². The van der Waals surface area contributed by atoms with Gasteiger partial charge in [-0.05, 0) is 43.0 Å². The van der Waals surface area contributed by atoms with Gasteiger partial charge in [0.2, 0.25) is 5.91 Å². The summed E-state index contributed by atoms with van der Waals surface area (Å²) in [5.41, 5.74) is 1.95. The minimum absolute atomic E-state index is 0.0169. The Labute approximate surface area is 168 Å². The minimum atomic E-state index is -0.565. The number of carbonyl (C=O) groups excluding carboxylic acids is 2. The maximum atomic E-state index is 12.5. The van der Waals surface area contributed by atoms with Gasteiger partial charge in [-0.2, -0.15) is 10.5 Å². The van der Waals surface area contributed by atoms with Crippen LogP contribution in [-0.2, 0) is 16.1 Å². The quantitative estimate of drug-likeness (QED) is 0.694. The molecule has 0 atom stereocenters. The molecule has 7 heteroatoms. The number of nitrogens with zero attached hydrogens (tertiary/aromatic N) is 2. The van der Waals surface area contributed by atoms with Gasteiger partial charge >= 0.3 is 5.97 Å². The number of esters is 1. The Bertz CT molecular complexity index is 962. The average Bonchev–Trinajstić information content (AvgIpc) is 3.02. The Kier molecular flexibility index (Phi) is 7.31. The van der Waals surface area contributed by atoms with E-state index in [0.717, 1.165) is 11.3 Å². The number of ether oxygens (including phenoxy) is 1. The second kappa shape index (κ2) is 9.68. The fourth-order valence-corrected chi connectivity index (χ4v) is 3.80. The second-order valence-electron chi connectivity index (χ2n) is 6.26. The summed E-state index contributed by atoms with van der Waals surface area (Å²) in [7, 11) is 0. The number of anilines is 1. The van der Waals surface area contributed by atoms with Crippen LogP contribution in [0.25, 0.3) is 0 Å². The maximum absolute atomic E-state index is 12.5. The first kappa shape index (κ1) is 21.1. The molecule has 0 aliphatic rings. The predicted molar refractivity (Wildman–Crippen MR) is 107 cm³/mol. The molecule has 0 saturated carbocycles. The largest absolute Gasteiger partial charge is 0.457 e. The first-order valence-corrected chi connectivity index (χ1v) is 9.77. The molecule has 0 saturated heterocycles. The molecule has 28 heavy (non-hydrogen) atoms. The summed E-state index contributed by atoms with van der Waals surface area (Å²) >= 11 is 1.05. The maximum Gasteiger partial charge on any atom is 0.349 e. The molecule has 1 aromatic carbocycles. The Morgan fingerprint density at radius 1 is 1.21 bits per heavy atom. The summed E-state index contributed by atoms with van der Waals surface area (Å²) in [6.45, 7) is 5.54. The van der Waals surface area contributed by atoms with Crippen LogP contribution in [-0.4, -0.2) is 11.9 Å². The lowest BCUT2D eigenvalue weighted by atomic mass is 10.0. The van der Waals surface area contributed by atoms with Crippen molar-refractivity contribution in [3.63, 3.8) is 0 Å². The van der Waals surface area contributed by atoms with Crippen LogP contribution >= 0.6 is 11.3 Å². The standard InChI is InChI=1S/C21H21N3O3S/c1-4-16(5-2)19(25)24-20-17(11-23)13(3)18(28-20)21(26)27-12-15-8-6-7-14(9-15)10-22/h6-9,16H,4-5,12H2,1-3H3,(H,24,25). The number of hydrogen-bond acceptors (Lipinski definition) is 6. The zero-order chi connectivity index (χ0) is 20.7. The molecule has 1 amide bonds. The molecule has 144 valence electrons. The summed E-state index contributed by atoms with van der Waals surface area (Å²) in [5, 5.41) is 21.5. The van der Waals surface area contributed by atoms with Gasteiger partial charge in [0, 0.05) is 5.92 Å². The number of benzene rings is 1. The summed E-state index contributed by atoms with van der Waals surface area (Å²) < 4.78 is 5.34. The number of amides is 1. The van der Waals surface area contributed by atoms with Crippen molar-refractivity contribution in [2.45, 2.75) is 40.2 Å². The lowest BCUT2D eigenvalue weighted by Gasteiger charge is -2.11. The van der Waals surface area contributed by atoms with E-state index >= 15 is 0 Å². The van der Waals surface area contributed by atoms with Crippen molar-refractivity contribution in [2.75, 3.05) is 5.32 Å². The molecule has 2 rings (SSSR count). The molecule has 0 fully saturated rings. The van der Waals surface area contributed by atoms with Gasteiger partial charge in [0.1, 0.15) is 22.6 Å². The van der Waals surface area contributed by atoms with Crippen LogP contribution in [0.4, 0.5) is 5.00 Å². The fourth-order valence-electron chi connectivity index (χ4n) is 2.75. The summed E-state index contributed by atoms with van der Waals surface area (Å²) in [5.74, 6) is -0.864. The van der Waals surface area contributed by atoms with Crippen molar-refractivity contribution in [3.8, 4) is 12.1 Å². The van der Waals surface area contributed by atoms with Crippen LogP contribution in [0.1, 0.15) is 58.6 Å². The third kappa shape index (κ3) is 4.76. The van der Waals surface area contributed by atoms with Crippen molar-refractivity contribution in [2.24, 2.45) is 5.92 Å². The Morgan fingerprint density at radius 2 is 1.93 bits per heavy atom. The lowest BCUT2D eigenvalue weighted by Crippen LogP contribution is -2.21. The SMILES string of the molecule is CCC(CC)C(=O)Nc1sc(C(=O)OCc2cccc(C#N)c2)c(C)c1C#N. The molecular formula is C21H21N3O3S. The molecule has 6 nitrogen and oxygen atoms in total. The van der Waals surface area contributed by atoms with Crippen LogP contribution in [0.3, 0.4) is 0 Å². The number of thiophene rings is 1. The fraction of sp³-hybridized carbons (Fsp3) is 0.333. The van der Waals surface area contributed by atoms with Crippen molar-refractivity contribution < 1.29 is 14.3 Å². The third-order valence-electron chi connectivity index (χ3n) is 4.46. The van der Waals surface area contributed by atoms with Crippen LogP contribution in [0.5, 0.6) is 0 Å². The van der Waals surface area contributed by atoms with E-state index in [0.29, 0.717) is 34.5 Å². The van der Waals surface area contributed by atoms with E-state index in [2.05, 4.69) is 11.4 Å². The minimum Gasteiger partial charge on any atom is -0.457 e. The van der Waals surface area contributed by atoms with Crippen molar-refractivity contribution >= 4 is 28.2 Å². The van der Waals surface area contributed by atoms with Gasteiger partial charge in [0.15, 0.2) is 0 Å². The molecule has 1 N–H and O–H groups in total. The smallest absolute Gasteiger partial charge is 0.349 e. The average molecular weight is 395 g/mol. The molecule has 1 heterocycles. The zero-order valence-corrected chi connectivity index (χ0v) is 16.9.